The molecule has 1 aromatic rings. The van der Waals surface area contributed by atoms with Crippen LogP contribution in [0.25, 0.3) is 0 Å². The fourth-order valence-corrected chi connectivity index (χ4v) is 1.78. The van der Waals surface area contributed by atoms with E-state index in [1.165, 1.54) is 0 Å². The molecule has 0 aromatic carbocycles. The molecule has 4 nitrogen and oxygen atoms in total. The van der Waals surface area contributed by atoms with Gasteiger partial charge in [0, 0.05) is 19.5 Å². The van der Waals surface area contributed by atoms with E-state index in [2.05, 4.69) is 11.2 Å². The molecule has 0 radical (unpaired) electrons. The lowest BCUT2D eigenvalue weighted by Gasteiger charge is -2.09. The first-order chi connectivity index (χ1) is 8.56. The zero-order valence-electron chi connectivity index (χ0n) is 10.9. The number of carboxylic acids is 1. The Balaban J connectivity index is 2.32. The van der Waals surface area contributed by atoms with Gasteiger partial charge in [-0.15, -0.1) is 12.3 Å². The van der Waals surface area contributed by atoms with Gasteiger partial charge in [0.05, 0.1) is 0 Å². The second-order valence-corrected chi connectivity index (χ2v) is 4.46. The van der Waals surface area contributed by atoms with Crippen LogP contribution in [0.1, 0.15) is 36.7 Å². The number of nitrogens with one attached hydrogen (secondary N) is 1. The van der Waals surface area contributed by atoms with Crippen LogP contribution in [0.15, 0.2) is 12.1 Å². The van der Waals surface area contributed by atoms with Crippen molar-refractivity contribution in [3.05, 3.63) is 17.8 Å². The highest BCUT2D eigenvalue weighted by Gasteiger charge is 2.09. The Morgan fingerprint density at radius 2 is 2.28 bits per heavy atom. The number of aromatic nitrogens is 1. The molecule has 0 amide bonds. The van der Waals surface area contributed by atoms with E-state index >= 15 is 0 Å². The van der Waals surface area contributed by atoms with Crippen LogP contribution in [0, 0.1) is 18.3 Å². The minimum absolute atomic E-state index is 0.290. The first-order valence-corrected chi connectivity index (χ1v) is 6.15. The summed E-state index contributed by atoms with van der Waals surface area (Å²) < 4.78 is 1.65. The standard InChI is InChI=1S/C14H20N2O2/c1-4-11(2)7-5-6-10-15-13-9-8-12(14(17)18)16(13)3/h1,8-9,11,15H,5-7,10H2,2-3H3,(H,17,18). The summed E-state index contributed by atoms with van der Waals surface area (Å²) in [4.78, 5) is 10.9. The number of nitrogens with zero attached hydrogens (tertiary/aromatic N) is 1. The third-order valence-electron chi connectivity index (χ3n) is 3.00. The van der Waals surface area contributed by atoms with Gasteiger partial charge in [-0.3, -0.25) is 0 Å². The molecule has 1 heterocycles. The highest BCUT2D eigenvalue weighted by Crippen LogP contribution is 2.13. The van der Waals surface area contributed by atoms with Crippen molar-refractivity contribution < 1.29 is 9.90 Å². The third kappa shape index (κ3) is 3.85. The SMILES string of the molecule is C#CC(C)CCCCNc1ccc(C(=O)O)n1C. The van der Waals surface area contributed by atoms with Crippen molar-refractivity contribution in [1.29, 1.82) is 0 Å². The number of hydrogen-bond donors (Lipinski definition) is 2. The molecule has 0 saturated carbocycles. The molecule has 0 aliphatic rings. The highest BCUT2D eigenvalue weighted by molar-refractivity contribution is 5.86. The van der Waals surface area contributed by atoms with Gasteiger partial charge in [-0.1, -0.05) is 13.3 Å². The second kappa shape index (κ2) is 6.75. The molecule has 1 rings (SSSR count). The maximum absolute atomic E-state index is 10.9. The summed E-state index contributed by atoms with van der Waals surface area (Å²) in [5.74, 6) is 2.96. The maximum Gasteiger partial charge on any atom is 0.352 e. The summed E-state index contributed by atoms with van der Waals surface area (Å²) in [7, 11) is 1.74. The molecular weight excluding hydrogens is 228 g/mol. The molecule has 0 bridgehead atoms. The highest BCUT2D eigenvalue weighted by atomic mass is 16.4. The Labute approximate surface area is 108 Å². The van der Waals surface area contributed by atoms with Crippen LogP contribution in [0.4, 0.5) is 5.82 Å². The molecular formula is C14H20N2O2. The van der Waals surface area contributed by atoms with Gasteiger partial charge in [0.1, 0.15) is 11.5 Å². The molecule has 0 aliphatic heterocycles. The number of unbranched alkanes of at least 4 members (excludes halogenated alkanes) is 1. The van der Waals surface area contributed by atoms with Crippen LogP contribution in [0.2, 0.25) is 0 Å². The van der Waals surface area contributed by atoms with Crippen LogP contribution in [-0.4, -0.2) is 22.2 Å². The molecule has 0 fully saturated rings. The molecule has 0 saturated heterocycles. The van der Waals surface area contributed by atoms with Crippen molar-refractivity contribution in [3.8, 4) is 12.3 Å². The zero-order chi connectivity index (χ0) is 13.5. The fraction of sp³-hybridized carbons (Fsp3) is 0.500. The van der Waals surface area contributed by atoms with Crippen molar-refractivity contribution in [2.24, 2.45) is 13.0 Å². The summed E-state index contributed by atoms with van der Waals surface area (Å²) in [6.45, 7) is 2.87. The topological polar surface area (TPSA) is 54.3 Å². The molecule has 1 aromatic heterocycles. The van der Waals surface area contributed by atoms with Gasteiger partial charge in [0.2, 0.25) is 0 Å². The van der Waals surface area contributed by atoms with Crippen LogP contribution in [0.5, 0.6) is 0 Å². The van der Waals surface area contributed by atoms with Crippen LogP contribution >= 0.6 is 0 Å². The second-order valence-electron chi connectivity index (χ2n) is 4.46. The minimum Gasteiger partial charge on any atom is -0.477 e. The molecule has 4 heteroatoms. The third-order valence-corrected chi connectivity index (χ3v) is 3.00. The summed E-state index contributed by atoms with van der Waals surface area (Å²) in [5, 5.41) is 12.1. The lowest BCUT2D eigenvalue weighted by Crippen LogP contribution is -2.10. The Kier molecular flexibility index (Phi) is 5.31. The normalized spacial score (nSPS) is 11.8. The van der Waals surface area contributed by atoms with Crippen molar-refractivity contribution in [2.75, 3.05) is 11.9 Å². The van der Waals surface area contributed by atoms with Gasteiger partial charge < -0.3 is 15.0 Å². The zero-order valence-corrected chi connectivity index (χ0v) is 10.9. The number of anilines is 1. The van der Waals surface area contributed by atoms with E-state index in [9.17, 15) is 4.79 Å². The number of carboxylic acid groups (broad SMARTS) is 1. The van der Waals surface area contributed by atoms with Crippen LogP contribution in [-0.2, 0) is 7.05 Å². The molecule has 1 atom stereocenters. The molecule has 0 aliphatic carbocycles. The Bertz CT molecular complexity index is 443. The van der Waals surface area contributed by atoms with Crippen molar-refractivity contribution in [3.63, 3.8) is 0 Å². The van der Waals surface area contributed by atoms with E-state index in [1.54, 1.807) is 23.7 Å². The molecule has 1 unspecified atom stereocenters. The van der Waals surface area contributed by atoms with Crippen LogP contribution in [0.3, 0.4) is 0 Å². The predicted molar refractivity (Wildman–Crippen MR) is 72.7 cm³/mol. The smallest absolute Gasteiger partial charge is 0.352 e. The van der Waals surface area contributed by atoms with Gasteiger partial charge in [-0.05, 0) is 25.0 Å². The molecule has 98 valence electrons. The average molecular weight is 248 g/mol. The average Bonchev–Trinajstić information content (AvgIpc) is 2.70. The Morgan fingerprint density at radius 1 is 1.56 bits per heavy atom. The predicted octanol–water partition coefficient (Wildman–Crippen LogP) is 2.57. The Morgan fingerprint density at radius 3 is 2.83 bits per heavy atom. The summed E-state index contributed by atoms with van der Waals surface area (Å²) in [6, 6.07) is 3.39. The van der Waals surface area contributed by atoms with Gasteiger partial charge in [-0.25, -0.2) is 4.79 Å². The fourth-order valence-electron chi connectivity index (χ4n) is 1.78. The molecule has 18 heavy (non-hydrogen) atoms. The first-order valence-electron chi connectivity index (χ1n) is 6.15. The number of terminal acetylenes is 1. The lowest BCUT2D eigenvalue weighted by molar-refractivity contribution is 0.0687. The van der Waals surface area contributed by atoms with Gasteiger partial charge in [0.25, 0.3) is 0 Å². The minimum atomic E-state index is -0.909. The quantitative estimate of drug-likeness (QED) is 0.576. The summed E-state index contributed by atoms with van der Waals surface area (Å²) in [5.41, 5.74) is 0.290. The first kappa shape index (κ1) is 14.2. The van der Waals surface area contributed by atoms with Gasteiger partial charge in [0.15, 0.2) is 0 Å². The van der Waals surface area contributed by atoms with E-state index in [0.717, 1.165) is 31.6 Å². The summed E-state index contributed by atoms with van der Waals surface area (Å²) in [6.07, 6.45) is 8.44. The molecule has 0 spiro atoms. The summed E-state index contributed by atoms with van der Waals surface area (Å²) >= 11 is 0. The van der Waals surface area contributed by atoms with Crippen molar-refractivity contribution in [2.45, 2.75) is 26.2 Å². The van der Waals surface area contributed by atoms with E-state index in [1.807, 2.05) is 6.92 Å². The number of aromatic carboxylic acids is 1. The monoisotopic (exact) mass is 248 g/mol. The van der Waals surface area contributed by atoms with Gasteiger partial charge >= 0.3 is 5.97 Å². The number of carbonyl (C=O) groups is 1. The van der Waals surface area contributed by atoms with Crippen LogP contribution < -0.4 is 5.32 Å². The van der Waals surface area contributed by atoms with Crippen molar-refractivity contribution in [1.82, 2.24) is 4.57 Å². The number of rotatable bonds is 7. The van der Waals surface area contributed by atoms with Crippen molar-refractivity contribution >= 4 is 11.8 Å². The number of hydrogen-bond acceptors (Lipinski definition) is 2. The molecule has 2 N–H and O–H groups in total. The van der Waals surface area contributed by atoms with E-state index < -0.39 is 5.97 Å². The van der Waals surface area contributed by atoms with E-state index in [4.69, 9.17) is 11.5 Å². The Hall–Kier alpha value is -1.89. The maximum atomic E-state index is 10.9. The van der Waals surface area contributed by atoms with E-state index in [-0.39, 0.29) is 0 Å². The largest absolute Gasteiger partial charge is 0.477 e. The van der Waals surface area contributed by atoms with Gasteiger partial charge in [-0.2, -0.15) is 0 Å². The lowest BCUT2D eigenvalue weighted by atomic mass is 10.1. The van der Waals surface area contributed by atoms with E-state index in [0.29, 0.717) is 11.6 Å².